The van der Waals surface area contributed by atoms with E-state index in [1.165, 1.54) is 10.4 Å². The Labute approximate surface area is 136 Å². The minimum atomic E-state index is -3.72. The summed E-state index contributed by atoms with van der Waals surface area (Å²) in [4.78, 5) is 10.6. The van der Waals surface area contributed by atoms with Crippen LogP contribution in [0.1, 0.15) is 24.0 Å². The predicted octanol–water partition coefficient (Wildman–Crippen LogP) is 1.83. The molecule has 0 amide bonds. The minimum absolute atomic E-state index is 0.0416. The molecule has 2 rings (SSSR count). The monoisotopic (exact) mass is 341 g/mol. The van der Waals surface area contributed by atoms with Crippen molar-refractivity contribution >= 4 is 15.7 Å². The van der Waals surface area contributed by atoms with Crippen LogP contribution in [0.2, 0.25) is 0 Å². The molecule has 1 heterocycles. The number of rotatable bonds is 5. The van der Waals surface area contributed by atoms with Crippen molar-refractivity contribution in [3.63, 3.8) is 0 Å². The normalized spacial score (nSPS) is 19.7. The molecule has 1 N–H and O–H groups in total. The third-order valence-corrected chi connectivity index (χ3v) is 6.29. The summed E-state index contributed by atoms with van der Waals surface area (Å²) in [6, 6.07) is 2.77. The Morgan fingerprint density at radius 1 is 1.35 bits per heavy atom. The maximum absolute atomic E-state index is 12.9. The SMILES string of the molecule is CNCC1CCCN(S(=O)(=O)c2cc([N+](=O)[O-])c(C)cc2C)C1. The van der Waals surface area contributed by atoms with Crippen LogP contribution in [-0.2, 0) is 10.0 Å². The van der Waals surface area contributed by atoms with E-state index in [-0.39, 0.29) is 16.5 Å². The summed E-state index contributed by atoms with van der Waals surface area (Å²) in [6.07, 6.45) is 1.79. The van der Waals surface area contributed by atoms with Crippen molar-refractivity contribution < 1.29 is 13.3 Å². The Hall–Kier alpha value is -1.51. The first-order valence-electron chi connectivity index (χ1n) is 7.67. The molecular weight excluding hydrogens is 318 g/mol. The lowest BCUT2D eigenvalue weighted by Crippen LogP contribution is -2.42. The maximum Gasteiger partial charge on any atom is 0.273 e. The molecule has 1 aromatic rings. The fourth-order valence-electron chi connectivity index (χ4n) is 3.14. The number of nitro groups is 1. The predicted molar refractivity (Wildman–Crippen MR) is 88.0 cm³/mol. The van der Waals surface area contributed by atoms with Crippen molar-refractivity contribution in [2.24, 2.45) is 5.92 Å². The van der Waals surface area contributed by atoms with Crippen molar-refractivity contribution in [3.8, 4) is 0 Å². The average molecular weight is 341 g/mol. The Kier molecular flexibility index (Phi) is 5.38. The van der Waals surface area contributed by atoms with Crippen molar-refractivity contribution in [3.05, 3.63) is 33.4 Å². The van der Waals surface area contributed by atoms with Gasteiger partial charge in [0.25, 0.3) is 5.69 Å². The second-order valence-corrected chi connectivity index (χ2v) is 8.00. The average Bonchev–Trinajstić information content (AvgIpc) is 2.47. The molecule has 1 saturated heterocycles. The Balaban J connectivity index is 2.39. The Morgan fingerprint density at radius 3 is 2.65 bits per heavy atom. The lowest BCUT2D eigenvalue weighted by Gasteiger charge is -2.32. The molecule has 1 fully saturated rings. The first kappa shape index (κ1) is 17.8. The highest BCUT2D eigenvalue weighted by atomic mass is 32.2. The van der Waals surface area contributed by atoms with E-state index in [9.17, 15) is 18.5 Å². The summed E-state index contributed by atoms with van der Waals surface area (Å²) < 4.78 is 27.3. The summed E-state index contributed by atoms with van der Waals surface area (Å²) in [5.41, 5.74) is 0.861. The first-order chi connectivity index (χ1) is 10.8. The van der Waals surface area contributed by atoms with Crippen LogP contribution in [0, 0.1) is 29.9 Å². The van der Waals surface area contributed by atoms with E-state index in [1.54, 1.807) is 19.9 Å². The zero-order valence-electron chi connectivity index (χ0n) is 13.7. The highest BCUT2D eigenvalue weighted by Crippen LogP contribution is 2.30. The Bertz CT molecular complexity index is 701. The van der Waals surface area contributed by atoms with E-state index in [0.717, 1.165) is 19.4 Å². The molecule has 1 atom stereocenters. The van der Waals surface area contributed by atoms with Crippen LogP contribution in [0.4, 0.5) is 5.69 Å². The van der Waals surface area contributed by atoms with Gasteiger partial charge in [-0.25, -0.2) is 8.42 Å². The molecule has 1 aromatic carbocycles. The fourth-order valence-corrected chi connectivity index (χ4v) is 4.92. The number of hydrogen-bond donors (Lipinski definition) is 1. The number of nitrogens with zero attached hydrogens (tertiary/aromatic N) is 2. The number of piperidine rings is 1. The number of aryl methyl sites for hydroxylation is 2. The number of nitrogens with one attached hydrogen (secondary N) is 1. The van der Waals surface area contributed by atoms with Gasteiger partial charge in [-0.3, -0.25) is 10.1 Å². The van der Waals surface area contributed by atoms with Gasteiger partial charge in [-0.05, 0) is 57.8 Å². The molecule has 128 valence electrons. The van der Waals surface area contributed by atoms with Crippen molar-refractivity contribution in [1.29, 1.82) is 0 Å². The van der Waals surface area contributed by atoms with Crippen molar-refractivity contribution in [2.45, 2.75) is 31.6 Å². The van der Waals surface area contributed by atoms with Crippen LogP contribution in [0.5, 0.6) is 0 Å². The van der Waals surface area contributed by atoms with E-state index in [1.807, 2.05) is 7.05 Å². The van der Waals surface area contributed by atoms with Crippen molar-refractivity contribution in [2.75, 3.05) is 26.7 Å². The van der Waals surface area contributed by atoms with Crippen LogP contribution in [-0.4, -0.2) is 44.3 Å². The highest BCUT2D eigenvalue weighted by molar-refractivity contribution is 7.89. The van der Waals surface area contributed by atoms with Gasteiger partial charge >= 0.3 is 0 Å². The summed E-state index contributed by atoms with van der Waals surface area (Å²) >= 11 is 0. The topological polar surface area (TPSA) is 92.6 Å². The fraction of sp³-hybridized carbons (Fsp3) is 0.600. The van der Waals surface area contributed by atoms with Gasteiger partial charge in [-0.1, -0.05) is 0 Å². The molecule has 1 unspecified atom stereocenters. The number of hydrogen-bond acceptors (Lipinski definition) is 5. The van der Waals surface area contributed by atoms with Gasteiger partial charge in [0.05, 0.1) is 9.82 Å². The number of nitro benzene ring substituents is 1. The van der Waals surface area contributed by atoms with Gasteiger partial charge < -0.3 is 5.32 Å². The second kappa shape index (κ2) is 6.94. The zero-order valence-corrected chi connectivity index (χ0v) is 14.5. The maximum atomic E-state index is 12.9. The van der Waals surface area contributed by atoms with E-state index in [0.29, 0.717) is 24.2 Å². The van der Waals surface area contributed by atoms with E-state index in [2.05, 4.69) is 5.32 Å². The van der Waals surface area contributed by atoms with Crippen molar-refractivity contribution in [1.82, 2.24) is 9.62 Å². The lowest BCUT2D eigenvalue weighted by molar-refractivity contribution is -0.385. The molecule has 1 aliphatic heterocycles. The molecule has 0 bridgehead atoms. The van der Waals surface area contributed by atoms with Crippen LogP contribution < -0.4 is 5.32 Å². The molecule has 1 aliphatic rings. The molecule has 7 nitrogen and oxygen atoms in total. The van der Waals surface area contributed by atoms with E-state index in [4.69, 9.17) is 0 Å². The molecule has 0 spiro atoms. The molecule has 0 saturated carbocycles. The second-order valence-electron chi connectivity index (χ2n) is 6.09. The Morgan fingerprint density at radius 2 is 2.04 bits per heavy atom. The summed E-state index contributed by atoms with van der Waals surface area (Å²) in [5.74, 6) is 0.268. The van der Waals surface area contributed by atoms with E-state index < -0.39 is 14.9 Å². The summed E-state index contributed by atoms with van der Waals surface area (Å²) in [7, 11) is -1.87. The van der Waals surface area contributed by atoms with Gasteiger partial charge in [0.1, 0.15) is 0 Å². The van der Waals surface area contributed by atoms with Crippen LogP contribution in [0.3, 0.4) is 0 Å². The van der Waals surface area contributed by atoms with Gasteiger partial charge in [0.15, 0.2) is 0 Å². The van der Waals surface area contributed by atoms with Crippen LogP contribution in [0.25, 0.3) is 0 Å². The molecule has 0 aromatic heterocycles. The van der Waals surface area contributed by atoms with Gasteiger partial charge in [-0.2, -0.15) is 4.31 Å². The summed E-state index contributed by atoms with van der Waals surface area (Å²) in [6.45, 7) is 4.97. The number of benzene rings is 1. The molecule has 23 heavy (non-hydrogen) atoms. The van der Waals surface area contributed by atoms with Gasteiger partial charge in [0, 0.05) is 24.7 Å². The lowest BCUT2D eigenvalue weighted by atomic mass is 10.00. The quantitative estimate of drug-likeness (QED) is 0.651. The smallest absolute Gasteiger partial charge is 0.273 e. The molecule has 8 heteroatoms. The molecular formula is C15H23N3O4S. The van der Waals surface area contributed by atoms with E-state index >= 15 is 0 Å². The number of sulfonamides is 1. The van der Waals surface area contributed by atoms with Gasteiger partial charge in [-0.15, -0.1) is 0 Å². The zero-order chi connectivity index (χ0) is 17.2. The first-order valence-corrected chi connectivity index (χ1v) is 9.11. The minimum Gasteiger partial charge on any atom is -0.319 e. The van der Waals surface area contributed by atoms with Gasteiger partial charge in [0.2, 0.25) is 10.0 Å². The summed E-state index contributed by atoms with van der Waals surface area (Å²) in [5, 5.41) is 14.2. The highest BCUT2D eigenvalue weighted by Gasteiger charge is 2.32. The molecule has 0 radical (unpaired) electrons. The molecule has 0 aliphatic carbocycles. The van der Waals surface area contributed by atoms with Crippen LogP contribution in [0.15, 0.2) is 17.0 Å². The van der Waals surface area contributed by atoms with Crippen LogP contribution >= 0.6 is 0 Å². The standard InChI is InChI=1S/C15H23N3O4S/c1-11-7-12(2)15(8-14(11)18(19)20)23(21,22)17-6-4-5-13(10-17)9-16-3/h7-8,13,16H,4-6,9-10H2,1-3H3. The third-order valence-electron chi connectivity index (χ3n) is 4.28. The third kappa shape index (κ3) is 3.70. The largest absolute Gasteiger partial charge is 0.319 e.